The summed E-state index contributed by atoms with van der Waals surface area (Å²) in [5.74, 6) is -1.06. The number of carbonyl (C=O) groups is 3. The Bertz CT molecular complexity index is 1970. The molecule has 1 unspecified atom stereocenters. The lowest BCUT2D eigenvalue weighted by atomic mass is 9.72. The monoisotopic (exact) mass is 788 g/mol. The third-order valence-electron chi connectivity index (χ3n) is 11.3. The quantitative estimate of drug-likeness (QED) is 0.108. The maximum Gasteiger partial charge on any atom is 0.326 e. The lowest BCUT2D eigenvalue weighted by Crippen LogP contribution is -2.47. The van der Waals surface area contributed by atoms with Crippen LogP contribution in [0, 0.1) is 22.7 Å². The van der Waals surface area contributed by atoms with Crippen molar-refractivity contribution in [2.45, 2.75) is 102 Å². The Morgan fingerprint density at radius 1 is 1.23 bits per heavy atom. The Morgan fingerprint density at radius 2 is 2.04 bits per heavy atom. The number of hydrogen-bond acceptors (Lipinski definition) is 14. The molecule has 2 fully saturated rings. The number of nitriles is 1. The molecule has 3 aliphatic rings. The number of ether oxygens (including phenoxy) is 1. The molecule has 5 heterocycles. The molecule has 1 aliphatic carbocycles. The predicted octanol–water partition coefficient (Wildman–Crippen LogP) is 4.29. The molecule has 0 aromatic carbocycles. The van der Waals surface area contributed by atoms with Gasteiger partial charge >= 0.3 is 5.97 Å². The second kappa shape index (κ2) is 17.4. The van der Waals surface area contributed by atoms with Crippen LogP contribution in [0.25, 0.3) is 0 Å². The number of nitrogens with zero attached hydrogens (tertiary/aromatic N) is 7. The first kappa shape index (κ1) is 40.6. The van der Waals surface area contributed by atoms with Crippen LogP contribution in [0.4, 0.5) is 10.8 Å². The van der Waals surface area contributed by atoms with Crippen LogP contribution in [0.3, 0.4) is 0 Å². The minimum absolute atomic E-state index is 0.116. The molecule has 56 heavy (non-hydrogen) atoms. The van der Waals surface area contributed by atoms with Crippen molar-refractivity contribution in [3.63, 3.8) is 0 Å². The van der Waals surface area contributed by atoms with E-state index in [-0.39, 0.29) is 35.4 Å². The molecule has 2 saturated heterocycles. The minimum atomic E-state index is -0.993. The summed E-state index contributed by atoms with van der Waals surface area (Å²) in [7, 11) is 0. The van der Waals surface area contributed by atoms with E-state index in [2.05, 4.69) is 38.3 Å². The van der Waals surface area contributed by atoms with E-state index in [4.69, 9.17) is 25.4 Å². The van der Waals surface area contributed by atoms with E-state index in [1.54, 1.807) is 12.3 Å². The summed E-state index contributed by atoms with van der Waals surface area (Å²) in [6.07, 6.45) is 7.43. The summed E-state index contributed by atoms with van der Waals surface area (Å²) in [6.45, 7) is 12.0. The van der Waals surface area contributed by atoms with Gasteiger partial charge in [-0.05, 0) is 95.4 Å². The van der Waals surface area contributed by atoms with Gasteiger partial charge in [0.15, 0.2) is 17.4 Å². The third kappa shape index (κ3) is 8.51. The number of thiophene rings is 1. The van der Waals surface area contributed by atoms with Crippen LogP contribution in [0.1, 0.15) is 106 Å². The van der Waals surface area contributed by atoms with Crippen molar-refractivity contribution < 1.29 is 28.8 Å². The highest BCUT2D eigenvalue weighted by Crippen LogP contribution is 2.45. The number of likely N-dealkylation sites (tertiary alicyclic amines) is 1. The van der Waals surface area contributed by atoms with E-state index < -0.39 is 23.3 Å². The average Bonchev–Trinajstić information content (AvgIpc) is 3.89. The van der Waals surface area contributed by atoms with Gasteiger partial charge < -0.3 is 40.1 Å². The summed E-state index contributed by atoms with van der Waals surface area (Å²) in [5, 5.41) is 35.3. The Hall–Kier alpha value is -5.08. The molecule has 17 heteroatoms. The Balaban J connectivity index is 0.980. The number of fused-ring (bicyclic) bond motifs is 1. The molecule has 3 aromatic heterocycles. The molecule has 4 atom stereocenters. The summed E-state index contributed by atoms with van der Waals surface area (Å²) in [4.78, 5) is 54.8. The summed E-state index contributed by atoms with van der Waals surface area (Å²) < 4.78 is 11.4. The third-order valence-corrected chi connectivity index (χ3v) is 12.3. The fourth-order valence-electron chi connectivity index (χ4n) is 8.35. The van der Waals surface area contributed by atoms with Gasteiger partial charge in [0.2, 0.25) is 11.8 Å². The zero-order valence-corrected chi connectivity index (χ0v) is 33.4. The fourth-order valence-corrected chi connectivity index (χ4v) is 9.54. The number of aliphatic carboxylic acids is 1. The van der Waals surface area contributed by atoms with Gasteiger partial charge in [0.05, 0.1) is 17.6 Å². The number of rotatable bonds is 13. The molecule has 0 spiro atoms. The fraction of sp³-hybridized carbons (Fsp3) is 0.590. The number of carboxylic acids is 1. The number of carbonyl (C=O) groups excluding carboxylic acids is 2. The number of nitrogen functional groups attached to an aromatic ring is 1. The normalized spacial score (nSPS) is 21.9. The standard InChI is InChI=1S/C39H52N10O6S/c1-23(2)31(36(50)49-17-8-10-26(49)37(51)52)27-20-30(46-55-27)54-19-6-5-15-47-16-9-18-48(24(3)22-47)29-12-14-43-35(44-29)33(41)45-38(53)39(4)13-7-11-28-32(39)25(21-40)34(42)56-28/h12,14,20,23-24,26,31H,5-11,13,15-19,22,42H2,1-4H3,(H,51,52)(H2,41,45,53)/t24-,26-,31?,39-/m0/s1. The molecule has 3 aromatic rings. The number of carboxylic acid groups (broad SMARTS) is 1. The number of unbranched alkanes of at least 4 members (excludes halogenated alkanes) is 1. The highest BCUT2D eigenvalue weighted by atomic mass is 32.1. The van der Waals surface area contributed by atoms with Gasteiger partial charge in [0.1, 0.15) is 28.8 Å². The molecule has 2 aliphatic heterocycles. The molecule has 0 saturated carbocycles. The summed E-state index contributed by atoms with van der Waals surface area (Å²) >= 11 is 1.36. The Kier molecular flexibility index (Phi) is 12.6. The minimum Gasteiger partial charge on any atom is -0.480 e. The summed E-state index contributed by atoms with van der Waals surface area (Å²) in [5.41, 5.74) is 6.17. The van der Waals surface area contributed by atoms with Crippen molar-refractivity contribution in [3.05, 3.63) is 45.9 Å². The average molecular weight is 789 g/mol. The molecule has 300 valence electrons. The van der Waals surface area contributed by atoms with E-state index in [0.717, 1.165) is 63.2 Å². The molecule has 2 amide bonds. The van der Waals surface area contributed by atoms with Crippen LogP contribution in [0.2, 0.25) is 0 Å². The molecular weight excluding hydrogens is 737 g/mol. The number of anilines is 2. The second-order valence-corrected chi connectivity index (χ2v) is 16.7. The molecular formula is C39H52N10O6S. The number of aryl methyl sites for hydroxylation is 1. The Morgan fingerprint density at radius 3 is 2.79 bits per heavy atom. The lowest BCUT2D eigenvalue weighted by Gasteiger charge is -2.33. The molecule has 0 bridgehead atoms. The van der Waals surface area contributed by atoms with Crippen molar-refractivity contribution in [1.29, 1.82) is 10.7 Å². The number of nitrogens with one attached hydrogen (secondary N) is 2. The van der Waals surface area contributed by atoms with Gasteiger partial charge in [-0.15, -0.1) is 11.3 Å². The van der Waals surface area contributed by atoms with E-state index in [1.807, 2.05) is 26.8 Å². The van der Waals surface area contributed by atoms with Crippen molar-refractivity contribution >= 4 is 45.8 Å². The first-order valence-electron chi connectivity index (χ1n) is 19.5. The van der Waals surface area contributed by atoms with E-state index in [1.165, 1.54) is 16.2 Å². The van der Waals surface area contributed by atoms with Gasteiger partial charge in [0.25, 0.3) is 5.88 Å². The van der Waals surface area contributed by atoms with Gasteiger partial charge in [-0.3, -0.25) is 15.0 Å². The first-order valence-corrected chi connectivity index (χ1v) is 20.3. The van der Waals surface area contributed by atoms with Gasteiger partial charge in [-0.2, -0.15) is 5.26 Å². The van der Waals surface area contributed by atoms with Crippen molar-refractivity contribution in [2.24, 2.45) is 5.92 Å². The molecule has 5 N–H and O–H groups in total. The highest BCUT2D eigenvalue weighted by Gasteiger charge is 2.44. The number of amidine groups is 1. The van der Waals surface area contributed by atoms with Crippen molar-refractivity contribution in [2.75, 3.05) is 50.0 Å². The zero-order valence-electron chi connectivity index (χ0n) is 32.5. The van der Waals surface area contributed by atoms with Crippen LogP contribution >= 0.6 is 11.3 Å². The number of nitrogens with two attached hydrogens (primary N) is 1. The lowest BCUT2D eigenvalue weighted by molar-refractivity contribution is -0.149. The van der Waals surface area contributed by atoms with Gasteiger partial charge in [-0.25, -0.2) is 14.8 Å². The molecule has 16 nitrogen and oxygen atoms in total. The van der Waals surface area contributed by atoms with Crippen LogP contribution in [0.5, 0.6) is 5.88 Å². The zero-order chi connectivity index (χ0) is 40.1. The van der Waals surface area contributed by atoms with Gasteiger partial charge in [0, 0.05) is 48.4 Å². The van der Waals surface area contributed by atoms with Crippen LogP contribution in [-0.2, 0) is 26.2 Å². The highest BCUT2D eigenvalue weighted by molar-refractivity contribution is 7.16. The topological polar surface area (TPSA) is 228 Å². The van der Waals surface area contributed by atoms with E-state index in [0.29, 0.717) is 66.0 Å². The van der Waals surface area contributed by atoms with Crippen LogP contribution in [0.15, 0.2) is 22.9 Å². The maximum absolute atomic E-state index is 13.7. The number of amides is 2. The largest absolute Gasteiger partial charge is 0.480 e. The smallest absolute Gasteiger partial charge is 0.326 e. The maximum atomic E-state index is 13.7. The predicted molar refractivity (Wildman–Crippen MR) is 210 cm³/mol. The number of hydrogen-bond donors (Lipinski definition) is 4. The van der Waals surface area contributed by atoms with E-state index >= 15 is 0 Å². The first-order chi connectivity index (χ1) is 26.8. The SMILES string of the molecule is CC(C)C(C(=O)N1CCC[C@H]1C(=O)O)c1cc(OCCCCN2CCCN(c3ccnc(C(=N)NC(=O)[C@@]4(C)CCCc5sc(N)c(C#N)c54)n3)[C@@H](C)C2)no1. The van der Waals surface area contributed by atoms with Crippen LogP contribution in [-0.4, -0.2) is 105 Å². The summed E-state index contributed by atoms with van der Waals surface area (Å²) in [6, 6.07) is 4.98. The van der Waals surface area contributed by atoms with Crippen LogP contribution < -0.4 is 20.7 Å². The molecule has 0 radical (unpaired) electrons. The molecule has 6 rings (SSSR count). The van der Waals surface area contributed by atoms with Gasteiger partial charge in [-0.1, -0.05) is 13.8 Å². The second-order valence-electron chi connectivity index (χ2n) is 15.6. The van der Waals surface area contributed by atoms with Crippen molar-refractivity contribution in [3.8, 4) is 11.9 Å². The number of aromatic nitrogens is 3. The van der Waals surface area contributed by atoms with Crippen molar-refractivity contribution in [1.82, 2.24) is 30.2 Å². The van der Waals surface area contributed by atoms with E-state index in [9.17, 15) is 24.8 Å². The Labute approximate surface area is 330 Å².